The first-order valence-corrected chi connectivity index (χ1v) is 8.01. The summed E-state index contributed by atoms with van der Waals surface area (Å²) in [4.78, 5) is 20.9. The van der Waals surface area contributed by atoms with Gasteiger partial charge in [-0.15, -0.1) is 0 Å². The summed E-state index contributed by atoms with van der Waals surface area (Å²) in [5.74, 6) is 1.66. The Bertz CT molecular complexity index is 697. The van der Waals surface area contributed by atoms with E-state index >= 15 is 0 Å². The third-order valence-electron chi connectivity index (χ3n) is 3.96. The standard InChI is InChI=1S/C16H21N5O3/c1-10-4-3-5-13(17-10)19-16(22)20-14(12-6-8-23-9-7-12)15-18-11(2)21-24-15/h3-5,12,14H,6-9H2,1-2H3,(H2,17,19,20,22). The van der Waals surface area contributed by atoms with Crippen molar-refractivity contribution in [1.82, 2.24) is 20.4 Å². The molecule has 8 heteroatoms. The smallest absolute Gasteiger partial charge is 0.321 e. The molecule has 0 aromatic carbocycles. The van der Waals surface area contributed by atoms with Crippen molar-refractivity contribution in [1.29, 1.82) is 0 Å². The molecule has 1 aliphatic rings. The zero-order chi connectivity index (χ0) is 16.9. The predicted molar refractivity (Wildman–Crippen MR) is 86.4 cm³/mol. The van der Waals surface area contributed by atoms with Gasteiger partial charge in [0, 0.05) is 18.9 Å². The number of anilines is 1. The van der Waals surface area contributed by atoms with Gasteiger partial charge < -0.3 is 14.6 Å². The van der Waals surface area contributed by atoms with Crippen molar-refractivity contribution < 1.29 is 14.1 Å². The molecule has 0 saturated carbocycles. The SMILES string of the molecule is Cc1cccc(NC(=O)NC(c2nc(C)no2)C2CCOCC2)n1. The lowest BCUT2D eigenvalue weighted by Gasteiger charge is -2.28. The molecule has 1 unspecified atom stereocenters. The monoisotopic (exact) mass is 331 g/mol. The summed E-state index contributed by atoms with van der Waals surface area (Å²) in [7, 11) is 0. The fourth-order valence-electron chi connectivity index (χ4n) is 2.78. The quantitative estimate of drug-likeness (QED) is 0.892. The van der Waals surface area contributed by atoms with Crippen LogP contribution in [0.15, 0.2) is 22.7 Å². The van der Waals surface area contributed by atoms with Crippen LogP contribution in [0.1, 0.15) is 36.3 Å². The molecule has 2 N–H and O–H groups in total. The van der Waals surface area contributed by atoms with Crippen molar-refractivity contribution in [3.63, 3.8) is 0 Å². The van der Waals surface area contributed by atoms with Gasteiger partial charge in [-0.3, -0.25) is 5.32 Å². The number of aromatic nitrogens is 3. The van der Waals surface area contributed by atoms with Crippen molar-refractivity contribution in [2.45, 2.75) is 32.7 Å². The van der Waals surface area contributed by atoms with Gasteiger partial charge in [-0.1, -0.05) is 11.2 Å². The topological polar surface area (TPSA) is 102 Å². The second-order valence-electron chi connectivity index (χ2n) is 5.87. The fourth-order valence-corrected chi connectivity index (χ4v) is 2.78. The summed E-state index contributed by atoms with van der Waals surface area (Å²) in [6.45, 7) is 4.95. The predicted octanol–water partition coefficient (Wildman–Crippen LogP) is 2.37. The molecule has 0 spiro atoms. The maximum atomic E-state index is 12.4. The summed E-state index contributed by atoms with van der Waals surface area (Å²) in [5.41, 5.74) is 0.835. The number of rotatable bonds is 4. The van der Waals surface area contributed by atoms with Gasteiger partial charge in [0.25, 0.3) is 0 Å². The van der Waals surface area contributed by atoms with Gasteiger partial charge >= 0.3 is 6.03 Å². The Kier molecular flexibility index (Phi) is 5.05. The number of nitrogens with zero attached hydrogens (tertiary/aromatic N) is 3. The van der Waals surface area contributed by atoms with Crippen LogP contribution in [-0.2, 0) is 4.74 Å². The van der Waals surface area contributed by atoms with Gasteiger partial charge in [-0.05, 0) is 44.7 Å². The molecule has 0 bridgehead atoms. The highest BCUT2D eigenvalue weighted by atomic mass is 16.5. The lowest BCUT2D eigenvalue weighted by Crippen LogP contribution is -2.38. The molecule has 3 heterocycles. The second kappa shape index (κ2) is 7.39. The molecular formula is C16H21N5O3. The van der Waals surface area contributed by atoms with Crippen LogP contribution in [0, 0.1) is 19.8 Å². The molecular weight excluding hydrogens is 310 g/mol. The lowest BCUT2D eigenvalue weighted by molar-refractivity contribution is 0.0506. The summed E-state index contributed by atoms with van der Waals surface area (Å²) in [5, 5.41) is 9.52. The first kappa shape index (κ1) is 16.4. The highest BCUT2D eigenvalue weighted by molar-refractivity contribution is 5.88. The number of hydrogen-bond acceptors (Lipinski definition) is 6. The Morgan fingerprint density at radius 3 is 2.71 bits per heavy atom. The van der Waals surface area contributed by atoms with Crippen molar-refractivity contribution in [2.75, 3.05) is 18.5 Å². The van der Waals surface area contributed by atoms with E-state index in [4.69, 9.17) is 9.26 Å². The summed E-state index contributed by atoms with van der Waals surface area (Å²) in [6.07, 6.45) is 1.66. The van der Waals surface area contributed by atoms with Crippen LogP contribution >= 0.6 is 0 Å². The zero-order valence-electron chi connectivity index (χ0n) is 13.8. The van der Waals surface area contributed by atoms with Gasteiger partial charge in [0.05, 0.1) is 0 Å². The summed E-state index contributed by atoms with van der Waals surface area (Å²) < 4.78 is 10.7. The number of amides is 2. The number of ether oxygens (including phenoxy) is 1. The van der Waals surface area contributed by atoms with E-state index in [-0.39, 0.29) is 18.0 Å². The van der Waals surface area contributed by atoms with Crippen LogP contribution in [0.25, 0.3) is 0 Å². The Morgan fingerprint density at radius 1 is 1.25 bits per heavy atom. The van der Waals surface area contributed by atoms with Gasteiger partial charge in [-0.2, -0.15) is 4.98 Å². The van der Waals surface area contributed by atoms with Crippen molar-refractivity contribution >= 4 is 11.8 Å². The van der Waals surface area contributed by atoms with E-state index in [1.165, 1.54) is 0 Å². The molecule has 2 aromatic heterocycles. The van der Waals surface area contributed by atoms with Crippen LogP contribution < -0.4 is 10.6 Å². The highest BCUT2D eigenvalue weighted by Gasteiger charge is 2.31. The van der Waals surface area contributed by atoms with Crippen LogP contribution in [0.4, 0.5) is 10.6 Å². The number of carbonyl (C=O) groups excluding carboxylic acids is 1. The minimum absolute atomic E-state index is 0.190. The van der Waals surface area contributed by atoms with Crippen molar-refractivity contribution in [3.05, 3.63) is 35.6 Å². The fraction of sp³-hybridized carbons (Fsp3) is 0.500. The van der Waals surface area contributed by atoms with E-state index < -0.39 is 0 Å². The Balaban J connectivity index is 1.72. The van der Waals surface area contributed by atoms with Gasteiger partial charge in [0.1, 0.15) is 11.9 Å². The molecule has 0 aliphatic carbocycles. The number of nitrogens with one attached hydrogen (secondary N) is 2. The van der Waals surface area contributed by atoms with Crippen molar-refractivity contribution in [2.24, 2.45) is 5.92 Å². The minimum Gasteiger partial charge on any atom is -0.381 e. The third-order valence-corrected chi connectivity index (χ3v) is 3.96. The maximum absolute atomic E-state index is 12.4. The minimum atomic E-state index is -0.347. The molecule has 2 amide bonds. The molecule has 0 radical (unpaired) electrons. The Hall–Kier alpha value is -2.48. The first-order chi connectivity index (χ1) is 11.6. The van der Waals surface area contributed by atoms with Crippen LogP contribution in [0.2, 0.25) is 0 Å². The Morgan fingerprint density at radius 2 is 2.04 bits per heavy atom. The summed E-state index contributed by atoms with van der Waals surface area (Å²) >= 11 is 0. The largest absolute Gasteiger partial charge is 0.381 e. The first-order valence-electron chi connectivity index (χ1n) is 8.01. The number of urea groups is 1. The normalized spacial score (nSPS) is 16.6. The van der Waals surface area contributed by atoms with Crippen molar-refractivity contribution in [3.8, 4) is 0 Å². The van der Waals surface area contributed by atoms with E-state index in [2.05, 4.69) is 25.8 Å². The van der Waals surface area contributed by atoms with E-state index in [1.54, 1.807) is 13.0 Å². The molecule has 1 atom stereocenters. The lowest BCUT2D eigenvalue weighted by atomic mass is 9.91. The average molecular weight is 331 g/mol. The van der Waals surface area contributed by atoms with E-state index in [1.807, 2.05) is 19.1 Å². The number of pyridine rings is 1. The number of aryl methyl sites for hydroxylation is 2. The molecule has 3 rings (SSSR count). The molecule has 2 aromatic rings. The molecule has 1 aliphatic heterocycles. The van der Waals surface area contributed by atoms with Gasteiger partial charge in [0.15, 0.2) is 5.82 Å². The summed E-state index contributed by atoms with van der Waals surface area (Å²) in [6, 6.07) is 4.76. The van der Waals surface area contributed by atoms with E-state index in [0.717, 1.165) is 18.5 Å². The van der Waals surface area contributed by atoms with E-state index in [0.29, 0.717) is 30.7 Å². The Labute approximate surface area is 140 Å². The molecule has 1 fully saturated rings. The molecule has 24 heavy (non-hydrogen) atoms. The zero-order valence-corrected chi connectivity index (χ0v) is 13.8. The molecule has 8 nitrogen and oxygen atoms in total. The number of hydrogen-bond donors (Lipinski definition) is 2. The van der Waals surface area contributed by atoms with E-state index in [9.17, 15) is 4.79 Å². The third kappa shape index (κ3) is 4.08. The van der Waals surface area contributed by atoms with Gasteiger partial charge in [0.2, 0.25) is 5.89 Å². The maximum Gasteiger partial charge on any atom is 0.321 e. The van der Waals surface area contributed by atoms with Crippen LogP contribution in [0.3, 0.4) is 0 Å². The van der Waals surface area contributed by atoms with Gasteiger partial charge in [-0.25, -0.2) is 9.78 Å². The van der Waals surface area contributed by atoms with Crippen LogP contribution in [-0.4, -0.2) is 34.4 Å². The average Bonchev–Trinajstić information content (AvgIpc) is 3.00. The molecule has 128 valence electrons. The number of carbonyl (C=O) groups is 1. The highest BCUT2D eigenvalue weighted by Crippen LogP contribution is 2.29. The molecule has 1 saturated heterocycles. The second-order valence-corrected chi connectivity index (χ2v) is 5.87. The van der Waals surface area contributed by atoms with Crippen LogP contribution in [0.5, 0.6) is 0 Å².